The topological polar surface area (TPSA) is 26.0 Å². The Bertz CT molecular complexity index is 351. The molecule has 0 unspecified atom stereocenters. The predicted molar refractivity (Wildman–Crippen MR) is 70.2 cm³/mol. The molecule has 0 bridgehead atoms. The Balaban J connectivity index is 1.96. The van der Waals surface area contributed by atoms with Gasteiger partial charge in [-0.15, -0.1) is 11.3 Å². The molecule has 0 aromatic carbocycles. The van der Waals surface area contributed by atoms with Gasteiger partial charge in [-0.3, -0.25) is 0 Å². The lowest BCUT2D eigenvalue weighted by Gasteiger charge is -2.25. The summed E-state index contributed by atoms with van der Waals surface area (Å²) in [7, 11) is 0. The number of thiophene rings is 1. The summed E-state index contributed by atoms with van der Waals surface area (Å²) in [5.41, 5.74) is 8.07. The average Bonchev–Trinajstić information content (AvgIpc) is 2.96. The summed E-state index contributed by atoms with van der Waals surface area (Å²) < 4.78 is 0. The second-order valence-electron chi connectivity index (χ2n) is 5.46. The second-order valence-corrected chi connectivity index (χ2v) is 6.59. The van der Waals surface area contributed by atoms with Gasteiger partial charge in [0.1, 0.15) is 0 Å². The molecule has 0 radical (unpaired) electrons. The van der Waals surface area contributed by atoms with Crippen LogP contribution in [0.2, 0.25) is 0 Å². The SMILES string of the molecule is NCC1(c2cc3c(s2)CCCC3)CCCC1. The molecule has 1 nitrogen and oxygen atoms in total. The van der Waals surface area contributed by atoms with Crippen molar-refractivity contribution in [1.82, 2.24) is 0 Å². The molecular formula is C14H21NS. The zero-order valence-electron chi connectivity index (χ0n) is 9.93. The first-order valence-electron chi connectivity index (χ1n) is 6.66. The summed E-state index contributed by atoms with van der Waals surface area (Å²) in [5, 5.41) is 0. The standard InChI is InChI=1S/C14H21NS/c15-10-14(7-3-4-8-14)13-9-11-5-1-2-6-12(11)16-13/h9H,1-8,10,15H2. The van der Waals surface area contributed by atoms with E-state index in [2.05, 4.69) is 17.4 Å². The van der Waals surface area contributed by atoms with Crippen LogP contribution >= 0.6 is 11.3 Å². The minimum absolute atomic E-state index is 0.363. The van der Waals surface area contributed by atoms with Gasteiger partial charge in [0.05, 0.1) is 0 Å². The molecule has 0 saturated heterocycles. The lowest BCUT2D eigenvalue weighted by Crippen LogP contribution is -2.30. The van der Waals surface area contributed by atoms with Crippen molar-refractivity contribution in [2.24, 2.45) is 5.73 Å². The monoisotopic (exact) mass is 235 g/mol. The molecule has 2 aliphatic rings. The Kier molecular flexibility index (Phi) is 2.80. The third-order valence-corrected chi connectivity index (χ3v) is 5.95. The van der Waals surface area contributed by atoms with Gasteiger partial charge < -0.3 is 5.73 Å². The van der Waals surface area contributed by atoms with Crippen molar-refractivity contribution in [3.63, 3.8) is 0 Å². The third-order valence-electron chi connectivity index (χ3n) is 4.47. The molecule has 0 spiro atoms. The first-order valence-corrected chi connectivity index (χ1v) is 7.48. The van der Waals surface area contributed by atoms with Crippen LogP contribution in [0.15, 0.2) is 6.07 Å². The third kappa shape index (κ3) is 1.63. The van der Waals surface area contributed by atoms with E-state index in [1.165, 1.54) is 51.4 Å². The summed E-state index contributed by atoms with van der Waals surface area (Å²) >= 11 is 2.08. The van der Waals surface area contributed by atoms with Gasteiger partial charge in [0.2, 0.25) is 0 Å². The highest BCUT2D eigenvalue weighted by Crippen LogP contribution is 2.45. The van der Waals surface area contributed by atoms with Crippen molar-refractivity contribution in [2.75, 3.05) is 6.54 Å². The summed E-state index contributed by atoms with van der Waals surface area (Å²) in [6.45, 7) is 0.854. The van der Waals surface area contributed by atoms with E-state index in [1.54, 1.807) is 15.3 Å². The van der Waals surface area contributed by atoms with Crippen molar-refractivity contribution in [3.05, 3.63) is 21.4 Å². The van der Waals surface area contributed by atoms with Crippen LogP contribution in [0, 0.1) is 0 Å². The highest BCUT2D eigenvalue weighted by Gasteiger charge is 2.36. The van der Waals surface area contributed by atoms with E-state index in [4.69, 9.17) is 5.73 Å². The fourth-order valence-electron chi connectivity index (χ4n) is 3.35. The van der Waals surface area contributed by atoms with Crippen LogP contribution in [0.4, 0.5) is 0 Å². The van der Waals surface area contributed by atoms with Gasteiger partial charge in [0.15, 0.2) is 0 Å². The number of aryl methyl sites for hydroxylation is 2. The van der Waals surface area contributed by atoms with E-state index in [-0.39, 0.29) is 0 Å². The second kappa shape index (κ2) is 4.15. The van der Waals surface area contributed by atoms with Crippen LogP contribution < -0.4 is 5.73 Å². The number of nitrogens with two attached hydrogens (primary N) is 1. The Morgan fingerprint density at radius 2 is 1.88 bits per heavy atom. The minimum atomic E-state index is 0.363. The van der Waals surface area contributed by atoms with Crippen molar-refractivity contribution in [2.45, 2.75) is 56.8 Å². The summed E-state index contributed by atoms with van der Waals surface area (Å²) in [4.78, 5) is 3.28. The van der Waals surface area contributed by atoms with Crippen LogP contribution in [-0.4, -0.2) is 6.54 Å². The smallest absolute Gasteiger partial charge is 0.0170 e. The maximum absolute atomic E-state index is 6.07. The van der Waals surface area contributed by atoms with Crippen molar-refractivity contribution >= 4 is 11.3 Å². The molecule has 1 fully saturated rings. The molecule has 88 valence electrons. The van der Waals surface area contributed by atoms with Gasteiger partial charge in [-0.25, -0.2) is 0 Å². The van der Waals surface area contributed by atoms with Crippen LogP contribution in [0.25, 0.3) is 0 Å². The molecule has 1 aromatic rings. The van der Waals surface area contributed by atoms with Crippen LogP contribution in [0.1, 0.15) is 53.8 Å². The predicted octanol–water partition coefficient (Wildman–Crippen LogP) is 3.40. The van der Waals surface area contributed by atoms with Crippen LogP contribution in [-0.2, 0) is 18.3 Å². The van der Waals surface area contributed by atoms with Gasteiger partial charge >= 0.3 is 0 Å². The maximum Gasteiger partial charge on any atom is 0.0170 e. The first-order chi connectivity index (χ1) is 7.84. The number of hydrogen-bond acceptors (Lipinski definition) is 2. The summed E-state index contributed by atoms with van der Waals surface area (Å²) in [6, 6.07) is 2.50. The van der Waals surface area contributed by atoms with Gasteiger partial charge in [-0.2, -0.15) is 0 Å². The molecule has 16 heavy (non-hydrogen) atoms. The molecule has 1 saturated carbocycles. The van der Waals surface area contributed by atoms with Crippen LogP contribution in [0.5, 0.6) is 0 Å². The van der Waals surface area contributed by atoms with Gasteiger partial charge in [0, 0.05) is 21.7 Å². The highest BCUT2D eigenvalue weighted by molar-refractivity contribution is 7.12. The van der Waals surface area contributed by atoms with Gasteiger partial charge in [-0.1, -0.05) is 12.8 Å². The lowest BCUT2D eigenvalue weighted by molar-refractivity contribution is 0.462. The molecule has 0 atom stereocenters. The molecule has 2 heteroatoms. The van der Waals surface area contributed by atoms with Gasteiger partial charge in [-0.05, 0) is 50.2 Å². The summed E-state index contributed by atoms with van der Waals surface area (Å²) in [5.74, 6) is 0. The number of hydrogen-bond donors (Lipinski definition) is 1. The van der Waals surface area contributed by atoms with E-state index >= 15 is 0 Å². The minimum Gasteiger partial charge on any atom is -0.330 e. The molecule has 1 aromatic heterocycles. The zero-order valence-corrected chi connectivity index (χ0v) is 10.7. The Labute approximate surface area is 102 Å². The highest BCUT2D eigenvalue weighted by atomic mass is 32.1. The van der Waals surface area contributed by atoms with Crippen molar-refractivity contribution in [1.29, 1.82) is 0 Å². The molecular weight excluding hydrogens is 214 g/mol. The molecule has 2 N–H and O–H groups in total. The summed E-state index contributed by atoms with van der Waals surface area (Å²) in [6.07, 6.45) is 10.8. The molecule has 2 aliphatic carbocycles. The Morgan fingerprint density at radius 3 is 2.56 bits per heavy atom. The first kappa shape index (κ1) is 10.8. The van der Waals surface area contributed by atoms with Crippen LogP contribution in [0.3, 0.4) is 0 Å². The maximum atomic E-state index is 6.07. The molecule has 0 amide bonds. The fraction of sp³-hybridized carbons (Fsp3) is 0.714. The van der Waals surface area contributed by atoms with Crippen molar-refractivity contribution < 1.29 is 0 Å². The number of rotatable bonds is 2. The Hall–Kier alpha value is -0.340. The normalized spacial score (nSPS) is 23.3. The molecule has 0 aliphatic heterocycles. The Morgan fingerprint density at radius 1 is 1.12 bits per heavy atom. The largest absolute Gasteiger partial charge is 0.330 e. The van der Waals surface area contributed by atoms with Gasteiger partial charge in [0.25, 0.3) is 0 Å². The van der Waals surface area contributed by atoms with Crippen molar-refractivity contribution in [3.8, 4) is 0 Å². The number of fused-ring (bicyclic) bond motifs is 1. The van der Waals surface area contributed by atoms with E-state index in [1.807, 2.05) is 0 Å². The van der Waals surface area contributed by atoms with E-state index < -0.39 is 0 Å². The average molecular weight is 235 g/mol. The lowest BCUT2D eigenvalue weighted by atomic mass is 9.84. The fourth-order valence-corrected chi connectivity index (χ4v) is 4.86. The quantitative estimate of drug-likeness (QED) is 0.835. The zero-order chi connectivity index (χ0) is 11.0. The van der Waals surface area contributed by atoms with E-state index in [9.17, 15) is 0 Å². The molecule has 1 heterocycles. The molecule has 3 rings (SSSR count). The van der Waals surface area contributed by atoms with E-state index in [0.717, 1.165) is 6.54 Å². The van der Waals surface area contributed by atoms with E-state index in [0.29, 0.717) is 5.41 Å².